The van der Waals surface area contributed by atoms with Gasteiger partial charge in [0.1, 0.15) is 0 Å². The average molecular weight is 445 g/mol. The highest BCUT2D eigenvalue weighted by molar-refractivity contribution is 7.89. The smallest absolute Gasteiger partial charge is 0.337 e. The number of rotatable bonds is 4. The van der Waals surface area contributed by atoms with Crippen molar-refractivity contribution in [2.75, 3.05) is 26.2 Å². The van der Waals surface area contributed by atoms with E-state index in [0.717, 1.165) is 27.5 Å². The molecule has 0 N–H and O–H groups in total. The number of alkyl halides is 3. The van der Waals surface area contributed by atoms with Gasteiger partial charge in [0.15, 0.2) is 0 Å². The monoisotopic (exact) mass is 445 g/mol. The zero-order chi connectivity index (χ0) is 21.2. The molecule has 3 rings (SSSR count). The molecule has 1 amide bonds. The maximum atomic E-state index is 12.9. The van der Waals surface area contributed by atoms with E-state index in [9.17, 15) is 26.4 Å². The van der Waals surface area contributed by atoms with Crippen LogP contribution >= 0.6 is 11.3 Å². The van der Waals surface area contributed by atoms with Crippen LogP contribution in [0.3, 0.4) is 0 Å². The van der Waals surface area contributed by atoms with Gasteiger partial charge in [-0.3, -0.25) is 4.79 Å². The minimum atomic E-state index is -4.63. The molecule has 0 saturated carbocycles. The molecule has 1 aliphatic rings. The topological polar surface area (TPSA) is 70.6 Å². The van der Waals surface area contributed by atoms with E-state index in [-0.39, 0.29) is 32.1 Å². The molecule has 0 aliphatic carbocycles. The molecule has 6 nitrogen and oxygen atoms in total. The molecule has 11 heteroatoms. The van der Waals surface area contributed by atoms with Gasteiger partial charge < -0.3 is 4.90 Å². The number of hydrogen-bond acceptors (Lipinski definition) is 5. The Hall–Kier alpha value is -2.24. The molecule has 0 radical (unpaired) electrons. The van der Waals surface area contributed by atoms with E-state index < -0.39 is 26.7 Å². The Labute approximate surface area is 170 Å². The maximum absolute atomic E-state index is 12.9. The summed E-state index contributed by atoms with van der Waals surface area (Å²) in [6.45, 7) is 2.17. The van der Waals surface area contributed by atoms with Gasteiger partial charge in [-0.2, -0.15) is 17.5 Å². The van der Waals surface area contributed by atoms with Gasteiger partial charge >= 0.3 is 6.18 Å². The van der Waals surface area contributed by atoms with Crippen LogP contribution in [0.5, 0.6) is 0 Å². The molecule has 0 unspecified atom stereocenters. The summed E-state index contributed by atoms with van der Waals surface area (Å²) >= 11 is 1.46. The van der Waals surface area contributed by atoms with Gasteiger partial charge in [-0.25, -0.2) is 13.4 Å². The number of aromatic nitrogens is 1. The molecule has 2 heterocycles. The Morgan fingerprint density at radius 2 is 1.90 bits per heavy atom. The molecule has 2 aromatic rings. The van der Waals surface area contributed by atoms with Crippen molar-refractivity contribution >= 4 is 33.3 Å². The summed E-state index contributed by atoms with van der Waals surface area (Å²) in [5, 5.41) is 2.70. The summed E-state index contributed by atoms with van der Waals surface area (Å²) in [7, 11) is -4.08. The summed E-state index contributed by atoms with van der Waals surface area (Å²) < 4.78 is 65.1. The second-order valence-electron chi connectivity index (χ2n) is 6.38. The lowest BCUT2D eigenvalue weighted by atomic mass is 10.2. The van der Waals surface area contributed by atoms with Crippen molar-refractivity contribution in [1.29, 1.82) is 0 Å². The number of aryl methyl sites for hydroxylation is 1. The molecule has 1 aromatic carbocycles. The number of carbonyl (C=O) groups is 1. The first-order valence-corrected chi connectivity index (χ1v) is 11.0. The van der Waals surface area contributed by atoms with Crippen LogP contribution in [0.1, 0.15) is 16.3 Å². The first kappa shape index (κ1) is 21.5. The van der Waals surface area contributed by atoms with Crippen LogP contribution in [-0.4, -0.2) is 54.7 Å². The van der Waals surface area contributed by atoms with Gasteiger partial charge in [0.05, 0.1) is 21.2 Å². The van der Waals surface area contributed by atoms with Crippen molar-refractivity contribution in [3.05, 3.63) is 52.0 Å². The van der Waals surface area contributed by atoms with Crippen LogP contribution in [0.25, 0.3) is 6.08 Å². The number of thiazole rings is 1. The second-order valence-corrected chi connectivity index (χ2v) is 9.38. The fraction of sp³-hybridized carbons (Fsp3) is 0.333. The van der Waals surface area contributed by atoms with Crippen molar-refractivity contribution in [1.82, 2.24) is 14.2 Å². The summed E-state index contributed by atoms with van der Waals surface area (Å²) in [6, 6.07) is 3.67. The highest BCUT2D eigenvalue weighted by Crippen LogP contribution is 2.31. The van der Waals surface area contributed by atoms with Crippen LogP contribution in [0.4, 0.5) is 13.2 Å². The van der Waals surface area contributed by atoms with E-state index in [1.165, 1.54) is 22.3 Å². The van der Waals surface area contributed by atoms with Gasteiger partial charge in [-0.15, -0.1) is 11.3 Å². The van der Waals surface area contributed by atoms with Gasteiger partial charge in [-0.1, -0.05) is 6.07 Å². The number of piperazine rings is 1. The Bertz CT molecular complexity index is 1020. The average Bonchev–Trinajstić information content (AvgIpc) is 3.11. The number of nitrogens with zero attached hydrogens (tertiary/aromatic N) is 3. The van der Waals surface area contributed by atoms with Crippen molar-refractivity contribution < 1.29 is 26.4 Å². The Balaban J connectivity index is 1.65. The molecule has 1 fully saturated rings. The molecule has 1 aromatic heterocycles. The molecule has 0 bridgehead atoms. The standard InChI is InChI=1S/C18H18F3N3O3S2/c1-13-22-15(12-28-13)5-6-17(25)23-7-9-24(10-8-23)29(26,27)16-4-2-3-14(11-16)18(19,20)21/h2-6,11-12H,7-10H2,1H3/b6-5+. The zero-order valence-electron chi connectivity index (χ0n) is 15.4. The summed E-state index contributed by atoms with van der Waals surface area (Å²) in [5.74, 6) is -0.272. The zero-order valence-corrected chi connectivity index (χ0v) is 17.0. The van der Waals surface area contributed by atoms with E-state index >= 15 is 0 Å². The fourth-order valence-electron chi connectivity index (χ4n) is 2.85. The molecule has 1 saturated heterocycles. The molecule has 156 valence electrons. The quantitative estimate of drug-likeness (QED) is 0.679. The van der Waals surface area contributed by atoms with Crippen LogP contribution < -0.4 is 0 Å². The summed E-state index contributed by atoms with van der Waals surface area (Å²) in [6.07, 6.45) is -1.65. The molecule has 0 atom stereocenters. The van der Waals surface area contributed by atoms with Crippen molar-refractivity contribution in [3.63, 3.8) is 0 Å². The van der Waals surface area contributed by atoms with Gasteiger partial charge in [0, 0.05) is 37.6 Å². The lowest BCUT2D eigenvalue weighted by molar-refractivity contribution is -0.137. The van der Waals surface area contributed by atoms with Crippen LogP contribution in [0.2, 0.25) is 0 Å². The van der Waals surface area contributed by atoms with E-state index in [2.05, 4.69) is 4.98 Å². The third kappa shape index (κ3) is 5.03. The van der Waals surface area contributed by atoms with Gasteiger partial charge in [-0.05, 0) is 31.2 Å². The fourth-order valence-corrected chi connectivity index (χ4v) is 4.90. The Kier molecular flexibility index (Phi) is 6.11. The van der Waals surface area contributed by atoms with Gasteiger partial charge in [0.2, 0.25) is 15.9 Å². The van der Waals surface area contributed by atoms with Crippen molar-refractivity contribution in [2.24, 2.45) is 0 Å². The number of halogens is 3. The Morgan fingerprint density at radius 1 is 1.21 bits per heavy atom. The lowest BCUT2D eigenvalue weighted by Crippen LogP contribution is -2.50. The lowest BCUT2D eigenvalue weighted by Gasteiger charge is -2.33. The predicted octanol–water partition coefficient (Wildman–Crippen LogP) is 3.02. The van der Waals surface area contributed by atoms with Crippen molar-refractivity contribution in [3.8, 4) is 0 Å². The molecular weight excluding hydrogens is 427 g/mol. The third-order valence-electron chi connectivity index (χ3n) is 4.38. The second kappa shape index (κ2) is 8.25. The minimum Gasteiger partial charge on any atom is -0.337 e. The predicted molar refractivity (Wildman–Crippen MR) is 103 cm³/mol. The van der Waals surface area contributed by atoms with E-state index in [0.29, 0.717) is 11.8 Å². The number of hydrogen-bond donors (Lipinski definition) is 0. The maximum Gasteiger partial charge on any atom is 0.416 e. The normalized spacial score (nSPS) is 16.5. The molecule has 29 heavy (non-hydrogen) atoms. The highest BCUT2D eigenvalue weighted by Gasteiger charge is 2.34. The summed E-state index contributed by atoms with van der Waals surface area (Å²) in [5.41, 5.74) is -0.346. The van der Waals surface area contributed by atoms with Crippen molar-refractivity contribution in [2.45, 2.75) is 18.0 Å². The third-order valence-corrected chi connectivity index (χ3v) is 7.07. The SMILES string of the molecule is Cc1nc(/C=C/C(=O)N2CCN(S(=O)(=O)c3cccc(C(F)(F)F)c3)CC2)cs1. The number of benzene rings is 1. The van der Waals surface area contributed by atoms with E-state index in [4.69, 9.17) is 0 Å². The highest BCUT2D eigenvalue weighted by atomic mass is 32.2. The molecule has 1 aliphatic heterocycles. The number of carbonyl (C=O) groups excluding carboxylic acids is 1. The van der Waals surface area contributed by atoms with E-state index in [1.807, 2.05) is 12.3 Å². The number of sulfonamides is 1. The molecular formula is C18H18F3N3O3S2. The molecule has 0 spiro atoms. The largest absolute Gasteiger partial charge is 0.416 e. The summed E-state index contributed by atoms with van der Waals surface area (Å²) in [4.78, 5) is 17.6. The van der Waals surface area contributed by atoms with Crippen LogP contribution in [0.15, 0.2) is 40.6 Å². The van der Waals surface area contributed by atoms with Crippen LogP contribution in [-0.2, 0) is 21.0 Å². The van der Waals surface area contributed by atoms with Gasteiger partial charge in [0.25, 0.3) is 0 Å². The van der Waals surface area contributed by atoms with Crippen LogP contribution in [0, 0.1) is 6.92 Å². The number of amides is 1. The Morgan fingerprint density at radius 3 is 2.48 bits per heavy atom. The van der Waals surface area contributed by atoms with E-state index in [1.54, 1.807) is 6.08 Å². The minimum absolute atomic E-state index is 0.00790. The first-order valence-electron chi connectivity index (χ1n) is 8.64. The first-order chi connectivity index (χ1) is 13.6.